The van der Waals surface area contributed by atoms with Gasteiger partial charge in [0.05, 0.1) is 5.69 Å². The molecule has 0 aromatic heterocycles. The summed E-state index contributed by atoms with van der Waals surface area (Å²) < 4.78 is 0. The average molecular weight is 165 g/mol. The number of aliphatic imine (C=N–C) groups is 1. The number of benzene rings is 1. The fourth-order valence-corrected chi connectivity index (χ4v) is 0.857. The molecule has 12 heavy (non-hydrogen) atoms. The molecule has 0 saturated carbocycles. The van der Waals surface area contributed by atoms with Crippen LogP contribution in [0.3, 0.4) is 0 Å². The smallest absolute Gasteiger partial charge is 0.191 e. The summed E-state index contributed by atoms with van der Waals surface area (Å²) in [5, 5.41) is 9.10. The van der Waals surface area contributed by atoms with Gasteiger partial charge >= 0.3 is 0 Å². The lowest BCUT2D eigenvalue weighted by Crippen LogP contribution is -2.21. The summed E-state index contributed by atoms with van der Waals surface area (Å²) in [6.45, 7) is 1.86. The van der Waals surface area contributed by atoms with Crippen molar-refractivity contribution >= 4 is 11.6 Å². The number of phenols is 1. The number of aromatic hydroxyl groups is 1. The molecule has 0 aliphatic carbocycles. The molecule has 64 valence electrons. The lowest BCUT2D eigenvalue weighted by Gasteiger charge is -2.00. The van der Waals surface area contributed by atoms with Crippen molar-refractivity contribution in [3.63, 3.8) is 0 Å². The second kappa shape index (κ2) is 3.13. The van der Waals surface area contributed by atoms with Crippen LogP contribution in [0.4, 0.5) is 5.69 Å². The zero-order chi connectivity index (χ0) is 9.14. The molecule has 1 aromatic carbocycles. The van der Waals surface area contributed by atoms with Crippen molar-refractivity contribution in [2.24, 2.45) is 16.5 Å². The molecule has 1 rings (SSSR count). The highest BCUT2D eigenvalue weighted by Crippen LogP contribution is 2.22. The number of hydrogen-bond donors (Lipinski definition) is 3. The molecular formula is C8H11N3O. The monoisotopic (exact) mass is 165 g/mol. The van der Waals surface area contributed by atoms with E-state index in [4.69, 9.17) is 16.6 Å². The number of phenolic OH excluding ortho intramolecular Hbond substituents is 1. The predicted octanol–water partition coefficient (Wildman–Crippen LogP) is 0.606. The van der Waals surface area contributed by atoms with Crippen LogP contribution < -0.4 is 11.5 Å². The molecule has 0 unspecified atom stereocenters. The van der Waals surface area contributed by atoms with Crippen molar-refractivity contribution in [2.45, 2.75) is 6.92 Å². The van der Waals surface area contributed by atoms with Crippen molar-refractivity contribution in [2.75, 3.05) is 0 Å². The summed E-state index contributed by atoms with van der Waals surface area (Å²) in [6, 6.07) is 4.84. The molecule has 0 radical (unpaired) electrons. The third-order valence-electron chi connectivity index (χ3n) is 1.44. The zero-order valence-electron chi connectivity index (χ0n) is 6.78. The van der Waals surface area contributed by atoms with Crippen molar-refractivity contribution in [1.82, 2.24) is 0 Å². The minimum atomic E-state index is -0.0105. The summed E-state index contributed by atoms with van der Waals surface area (Å²) in [4.78, 5) is 3.83. The van der Waals surface area contributed by atoms with Gasteiger partial charge in [-0.05, 0) is 18.6 Å². The quantitative estimate of drug-likeness (QED) is 0.421. The summed E-state index contributed by atoms with van der Waals surface area (Å²) >= 11 is 0. The van der Waals surface area contributed by atoms with Crippen LogP contribution in [0.25, 0.3) is 0 Å². The maximum Gasteiger partial charge on any atom is 0.191 e. The maximum atomic E-state index is 9.10. The van der Waals surface area contributed by atoms with Gasteiger partial charge in [-0.3, -0.25) is 0 Å². The van der Waals surface area contributed by atoms with E-state index in [1.807, 2.05) is 6.92 Å². The van der Waals surface area contributed by atoms with Gasteiger partial charge in [0.2, 0.25) is 0 Å². The molecule has 0 fully saturated rings. The summed E-state index contributed by atoms with van der Waals surface area (Å²) in [7, 11) is 0. The predicted molar refractivity (Wildman–Crippen MR) is 48.3 cm³/mol. The first-order valence-corrected chi connectivity index (χ1v) is 3.49. The van der Waals surface area contributed by atoms with E-state index in [0.717, 1.165) is 5.56 Å². The Bertz CT molecular complexity index is 316. The SMILES string of the molecule is Cc1ccc(O)cc1N=C(N)N. The first-order chi connectivity index (χ1) is 5.59. The minimum absolute atomic E-state index is 0.0105. The van der Waals surface area contributed by atoms with Crippen molar-refractivity contribution < 1.29 is 5.11 Å². The molecule has 4 heteroatoms. The average Bonchev–Trinajstić information content (AvgIpc) is 1.96. The Balaban J connectivity index is 3.14. The zero-order valence-corrected chi connectivity index (χ0v) is 6.78. The number of aryl methyl sites for hydroxylation is 1. The van der Waals surface area contributed by atoms with Crippen LogP contribution in [-0.4, -0.2) is 11.1 Å². The second-order valence-corrected chi connectivity index (χ2v) is 2.51. The van der Waals surface area contributed by atoms with Gasteiger partial charge in [-0.15, -0.1) is 0 Å². The van der Waals surface area contributed by atoms with Gasteiger partial charge in [0.1, 0.15) is 5.75 Å². The summed E-state index contributed by atoms with van der Waals surface area (Å²) in [5.41, 5.74) is 11.9. The number of nitrogens with zero attached hydrogens (tertiary/aromatic N) is 1. The van der Waals surface area contributed by atoms with Crippen molar-refractivity contribution in [1.29, 1.82) is 0 Å². The number of hydrogen-bond acceptors (Lipinski definition) is 2. The highest BCUT2D eigenvalue weighted by molar-refractivity contribution is 5.79. The van der Waals surface area contributed by atoms with Crippen molar-refractivity contribution in [3.8, 4) is 5.75 Å². The highest BCUT2D eigenvalue weighted by atomic mass is 16.3. The first kappa shape index (κ1) is 8.39. The number of rotatable bonds is 1. The Kier molecular flexibility index (Phi) is 2.19. The van der Waals surface area contributed by atoms with Crippen LogP contribution >= 0.6 is 0 Å². The normalized spacial score (nSPS) is 9.42. The molecule has 0 heterocycles. The van der Waals surface area contributed by atoms with Gasteiger partial charge in [0.25, 0.3) is 0 Å². The molecule has 0 spiro atoms. The molecule has 0 aliphatic heterocycles. The van der Waals surface area contributed by atoms with E-state index in [-0.39, 0.29) is 11.7 Å². The lowest BCUT2D eigenvalue weighted by molar-refractivity contribution is 0.475. The van der Waals surface area contributed by atoms with Crippen LogP contribution in [0, 0.1) is 6.92 Å². The highest BCUT2D eigenvalue weighted by Gasteiger charge is 1.97. The van der Waals surface area contributed by atoms with Gasteiger partial charge in [0, 0.05) is 6.07 Å². The van der Waals surface area contributed by atoms with Crippen LogP contribution in [0.2, 0.25) is 0 Å². The van der Waals surface area contributed by atoms with Crippen LogP contribution in [0.1, 0.15) is 5.56 Å². The molecular weight excluding hydrogens is 154 g/mol. The molecule has 0 amide bonds. The first-order valence-electron chi connectivity index (χ1n) is 3.49. The van der Waals surface area contributed by atoms with E-state index in [9.17, 15) is 0 Å². The van der Waals surface area contributed by atoms with Gasteiger partial charge in [-0.2, -0.15) is 0 Å². The fourth-order valence-electron chi connectivity index (χ4n) is 0.857. The van der Waals surface area contributed by atoms with Crippen LogP contribution in [-0.2, 0) is 0 Å². The van der Waals surface area contributed by atoms with Gasteiger partial charge in [-0.1, -0.05) is 6.07 Å². The Morgan fingerprint density at radius 2 is 2.08 bits per heavy atom. The third kappa shape index (κ3) is 1.88. The molecule has 0 saturated heterocycles. The number of guanidine groups is 1. The molecule has 0 bridgehead atoms. The van der Waals surface area contributed by atoms with Crippen molar-refractivity contribution in [3.05, 3.63) is 23.8 Å². The van der Waals surface area contributed by atoms with Gasteiger partial charge < -0.3 is 16.6 Å². The summed E-state index contributed by atoms with van der Waals surface area (Å²) in [6.07, 6.45) is 0. The topological polar surface area (TPSA) is 84.6 Å². The molecule has 1 aromatic rings. The summed E-state index contributed by atoms with van der Waals surface area (Å²) in [5.74, 6) is 0.143. The minimum Gasteiger partial charge on any atom is -0.508 e. The molecule has 4 nitrogen and oxygen atoms in total. The van der Waals surface area contributed by atoms with E-state index in [1.54, 1.807) is 12.1 Å². The largest absolute Gasteiger partial charge is 0.508 e. The third-order valence-corrected chi connectivity index (χ3v) is 1.44. The van der Waals surface area contributed by atoms with Crippen LogP contribution in [0.15, 0.2) is 23.2 Å². The molecule has 0 atom stereocenters. The van der Waals surface area contributed by atoms with Gasteiger partial charge in [0.15, 0.2) is 5.96 Å². The van der Waals surface area contributed by atoms with E-state index in [0.29, 0.717) is 5.69 Å². The van der Waals surface area contributed by atoms with E-state index < -0.39 is 0 Å². The number of nitrogens with two attached hydrogens (primary N) is 2. The Hall–Kier alpha value is -1.71. The Labute approximate surface area is 70.5 Å². The van der Waals surface area contributed by atoms with E-state index in [1.165, 1.54) is 6.07 Å². The maximum absolute atomic E-state index is 9.10. The van der Waals surface area contributed by atoms with Crippen LogP contribution in [0.5, 0.6) is 5.75 Å². The molecule has 0 aliphatic rings. The van der Waals surface area contributed by atoms with Gasteiger partial charge in [-0.25, -0.2) is 4.99 Å². The van der Waals surface area contributed by atoms with E-state index >= 15 is 0 Å². The van der Waals surface area contributed by atoms with E-state index in [2.05, 4.69) is 4.99 Å². The fraction of sp³-hybridized carbons (Fsp3) is 0.125. The Morgan fingerprint density at radius 1 is 1.42 bits per heavy atom. The standard InChI is InChI=1S/C8H11N3O/c1-5-2-3-6(12)4-7(5)11-8(9)10/h2-4,12H,1H3,(H4,9,10,11). The molecule has 5 N–H and O–H groups in total. The second-order valence-electron chi connectivity index (χ2n) is 2.51. The Morgan fingerprint density at radius 3 is 2.67 bits per heavy atom. The lowest BCUT2D eigenvalue weighted by atomic mass is 10.2.